The van der Waals surface area contributed by atoms with E-state index in [0.29, 0.717) is 18.6 Å². The molecule has 0 saturated carbocycles. The fraction of sp³-hybridized carbons (Fsp3) is 0.636. The summed E-state index contributed by atoms with van der Waals surface area (Å²) in [6, 6.07) is 0. The molecule has 0 aliphatic carbocycles. The van der Waals surface area contributed by atoms with Gasteiger partial charge in [-0.05, 0) is 11.8 Å². The van der Waals surface area contributed by atoms with Crippen molar-refractivity contribution < 1.29 is 9.47 Å². The van der Waals surface area contributed by atoms with Gasteiger partial charge < -0.3 is 9.47 Å². The van der Waals surface area contributed by atoms with Crippen LogP contribution in [0.4, 0.5) is 0 Å². The summed E-state index contributed by atoms with van der Waals surface area (Å²) >= 11 is 1.83. The van der Waals surface area contributed by atoms with Crippen LogP contribution in [0.5, 0.6) is 11.5 Å². The Morgan fingerprint density at radius 1 is 0.929 bits per heavy atom. The van der Waals surface area contributed by atoms with Crippen LogP contribution >= 0.6 is 11.3 Å². The Morgan fingerprint density at radius 2 is 1.36 bits per heavy atom. The highest BCUT2D eigenvalue weighted by molar-refractivity contribution is 7.13. The Balaban J connectivity index is 2.49. The average molecular weight is 212 g/mol. The van der Waals surface area contributed by atoms with Gasteiger partial charge in [0.25, 0.3) is 0 Å². The number of ether oxygens (including phenoxy) is 2. The minimum Gasteiger partial charge on any atom is -0.452 e. The summed E-state index contributed by atoms with van der Waals surface area (Å²) in [7, 11) is 0. The molecule has 0 fully saturated rings. The van der Waals surface area contributed by atoms with E-state index in [2.05, 4.69) is 27.7 Å². The normalized spacial score (nSPS) is 14.4. The molecule has 2 rings (SSSR count). The van der Waals surface area contributed by atoms with Crippen molar-refractivity contribution in [1.29, 1.82) is 0 Å². The van der Waals surface area contributed by atoms with Crippen molar-refractivity contribution >= 4 is 11.3 Å². The van der Waals surface area contributed by atoms with Gasteiger partial charge in [-0.2, -0.15) is 0 Å². The third kappa shape index (κ3) is 1.40. The molecule has 0 N–H and O–H groups in total. The van der Waals surface area contributed by atoms with Crippen LogP contribution in [-0.2, 0) is 0 Å². The van der Waals surface area contributed by atoms with Crippen molar-refractivity contribution in [2.75, 3.05) is 6.79 Å². The minimum absolute atomic E-state index is 0.387. The molecule has 1 aliphatic rings. The first kappa shape index (κ1) is 9.84. The molecule has 0 amide bonds. The zero-order valence-corrected chi connectivity index (χ0v) is 9.90. The van der Waals surface area contributed by atoms with E-state index in [4.69, 9.17) is 9.47 Å². The highest BCUT2D eigenvalue weighted by Gasteiger charge is 2.28. The van der Waals surface area contributed by atoms with E-state index in [1.54, 1.807) is 0 Å². The Kier molecular flexibility index (Phi) is 2.43. The van der Waals surface area contributed by atoms with E-state index >= 15 is 0 Å². The van der Waals surface area contributed by atoms with Crippen molar-refractivity contribution in [3.8, 4) is 11.5 Å². The van der Waals surface area contributed by atoms with Crippen LogP contribution < -0.4 is 9.47 Å². The predicted octanol–water partition coefficient (Wildman–Crippen LogP) is 3.72. The molecular formula is C11H16O2S. The van der Waals surface area contributed by atoms with Gasteiger partial charge in [0.15, 0.2) is 11.5 Å². The second-order valence-electron chi connectivity index (χ2n) is 4.20. The zero-order valence-electron chi connectivity index (χ0n) is 9.09. The van der Waals surface area contributed by atoms with Crippen molar-refractivity contribution in [2.45, 2.75) is 39.5 Å². The summed E-state index contributed by atoms with van der Waals surface area (Å²) in [6.45, 7) is 9.16. The summed E-state index contributed by atoms with van der Waals surface area (Å²) in [5, 5.41) is 0. The quantitative estimate of drug-likeness (QED) is 0.743. The molecule has 1 aromatic heterocycles. The number of fused-ring (bicyclic) bond motifs is 1. The molecule has 2 heterocycles. The van der Waals surface area contributed by atoms with E-state index in [-0.39, 0.29) is 0 Å². The monoisotopic (exact) mass is 212 g/mol. The van der Waals surface area contributed by atoms with E-state index < -0.39 is 0 Å². The van der Waals surface area contributed by atoms with Crippen molar-refractivity contribution in [2.24, 2.45) is 0 Å². The largest absolute Gasteiger partial charge is 0.452 e. The highest BCUT2D eigenvalue weighted by atomic mass is 32.1. The number of thiophene rings is 1. The van der Waals surface area contributed by atoms with Gasteiger partial charge >= 0.3 is 0 Å². The first-order chi connectivity index (χ1) is 6.61. The van der Waals surface area contributed by atoms with Gasteiger partial charge in [0, 0.05) is 0 Å². The maximum atomic E-state index is 5.51. The third-order valence-electron chi connectivity index (χ3n) is 2.33. The standard InChI is InChI=1S/C11H16O2S/c1-6(2)10-8-9(13-5-12-8)11(14-10)7(3)4/h6-7H,5H2,1-4H3. The molecule has 3 heteroatoms. The lowest BCUT2D eigenvalue weighted by Gasteiger charge is -2.04. The topological polar surface area (TPSA) is 18.5 Å². The molecule has 1 aromatic rings. The molecule has 0 saturated heterocycles. The fourth-order valence-electron chi connectivity index (χ4n) is 1.62. The summed E-state index contributed by atoms with van der Waals surface area (Å²) in [4.78, 5) is 2.64. The highest BCUT2D eigenvalue weighted by Crippen LogP contribution is 2.50. The molecular weight excluding hydrogens is 196 g/mol. The van der Waals surface area contributed by atoms with Gasteiger partial charge in [-0.25, -0.2) is 0 Å². The van der Waals surface area contributed by atoms with Crippen LogP contribution in [0.3, 0.4) is 0 Å². The first-order valence-corrected chi connectivity index (χ1v) is 5.85. The average Bonchev–Trinajstić information content (AvgIpc) is 2.59. The zero-order chi connectivity index (χ0) is 10.3. The number of hydrogen-bond acceptors (Lipinski definition) is 3. The molecule has 0 aromatic carbocycles. The van der Waals surface area contributed by atoms with Gasteiger partial charge in [0.05, 0.1) is 9.75 Å². The molecule has 78 valence electrons. The third-order valence-corrected chi connectivity index (χ3v) is 4.08. The molecule has 0 spiro atoms. The van der Waals surface area contributed by atoms with Crippen LogP contribution in [0, 0.1) is 0 Å². The van der Waals surface area contributed by atoms with Crippen molar-refractivity contribution in [3.63, 3.8) is 0 Å². The van der Waals surface area contributed by atoms with Crippen LogP contribution in [0.2, 0.25) is 0 Å². The molecule has 0 radical (unpaired) electrons. The lowest BCUT2D eigenvalue weighted by Crippen LogP contribution is -1.97. The van der Waals surface area contributed by atoms with Crippen LogP contribution in [0.1, 0.15) is 49.3 Å². The number of rotatable bonds is 2. The lowest BCUT2D eigenvalue weighted by atomic mass is 10.1. The van der Waals surface area contributed by atoms with Crippen LogP contribution in [0.25, 0.3) is 0 Å². The van der Waals surface area contributed by atoms with Gasteiger partial charge in [0.2, 0.25) is 6.79 Å². The Bertz CT molecular complexity index is 309. The van der Waals surface area contributed by atoms with Gasteiger partial charge in [-0.15, -0.1) is 11.3 Å². The molecule has 0 unspecified atom stereocenters. The molecule has 14 heavy (non-hydrogen) atoms. The second kappa shape index (κ2) is 3.46. The summed E-state index contributed by atoms with van der Waals surface area (Å²) < 4.78 is 11.0. The van der Waals surface area contributed by atoms with Gasteiger partial charge in [-0.1, -0.05) is 27.7 Å². The van der Waals surface area contributed by atoms with Crippen LogP contribution in [0.15, 0.2) is 0 Å². The van der Waals surface area contributed by atoms with E-state index in [1.165, 1.54) is 9.75 Å². The lowest BCUT2D eigenvalue weighted by molar-refractivity contribution is 0.172. The SMILES string of the molecule is CC(C)c1sc(C(C)C)c2c1OCO2. The van der Waals surface area contributed by atoms with E-state index in [1.807, 2.05) is 11.3 Å². The summed E-state index contributed by atoms with van der Waals surface area (Å²) in [5.41, 5.74) is 0. The maximum absolute atomic E-state index is 5.51. The van der Waals surface area contributed by atoms with E-state index in [0.717, 1.165) is 11.5 Å². The molecule has 0 atom stereocenters. The Morgan fingerprint density at radius 3 is 1.71 bits per heavy atom. The Labute approximate surface area is 88.8 Å². The predicted molar refractivity (Wildman–Crippen MR) is 58.6 cm³/mol. The summed E-state index contributed by atoms with van der Waals surface area (Å²) in [6.07, 6.45) is 0. The molecule has 1 aliphatic heterocycles. The summed E-state index contributed by atoms with van der Waals surface area (Å²) in [5.74, 6) is 3.02. The van der Waals surface area contributed by atoms with Gasteiger partial charge in [-0.3, -0.25) is 0 Å². The van der Waals surface area contributed by atoms with Crippen LogP contribution in [-0.4, -0.2) is 6.79 Å². The smallest absolute Gasteiger partial charge is 0.231 e. The number of hydrogen-bond donors (Lipinski definition) is 0. The van der Waals surface area contributed by atoms with Crippen molar-refractivity contribution in [1.82, 2.24) is 0 Å². The molecule has 0 bridgehead atoms. The maximum Gasteiger partial charge on any atom is 0.231 e. The second-order valence-corrected chi connectivity index (χ2v) is 5.29. The fourth-order valence-corrected chi connectivity index (χ4v) is 2.81. The van der Waals surface area contributed by atoms with Gasteiger partial charge in [0.1, 0.15) is 0 Å². The minimum atomic E-state index is 0.387. The van der Waals surface area contributed by atoms with Crippen molar-refractivity contribution in [3.05, 3.63) is 9.75 Å². The van der Waals surface area contributed by atoms with E-state index in [9.17, 15) is 0 Å². The molecule has 2 nitrogen and oxygen atoms in total. The first-order valence-electron chi connectivity index (χ1n) is 5.03. The Hall–Kier alpha value is -0.700.